The molecule has 1 N–H and O–H groups in total. The highest BCUT2D eigenvalue weighted by molar-refractivity contribution is 7.20. The van der Waals surface area contributed by atoms with Crippen LogP contribution in [0.4, 0.5) is 0 Å². The predicted molar refractivity (Wildman–Crippen MR) is 121 cm³/mol. The number of hydrogen-bond donors (Lipinski definition) is 1. The number of hydrogen-bond acceptors (Lipinski definition) is 7. The fourth-order valence-corrected chi connectivity index (χ4v) is 5.05. The quantitative estimate of drug-likeness (QED) is 0.608. The average molecular weight is 442 g/mol. The fraction of sp³-hybridized carbons (Fsp3) is 0.391. The van der Waals surface area contributed by atoms with Gasteiger partial charge in [-0.25, -0.2) is 4.98 Å². The largest absolute Gasteiger partial charge is 0.497 e. The lowest BCUT2D eigenvalue weighted by molar-refractivity contribution is -0.0324. The van der Waals surface area contributed by atoms with Gasteiger partial charge in [0.25, 0.3) is 5.91 Å². The summed E-state index contributed by atoms with van der Waals surface area (Å²) in [7, 11) is 3.37. The van der Waals surface area contributed by atoms with Crippen LogP contribution < -0.4 is 4.74 Å². The number of carbonyl (C=O) groups is 1. The molecule has 0 bridgehead atoms. The van der Waals surface area contributed by atoms with Crippen molar-refractivity contribution in [3.8, 4) is 5.75 Å². The minimum atomic E-state index is -0.216. The van der Waals surface area contributed by atoms with Crippen molar-refractivity contribution >= 4 is 27.5 Å². The van der Waals surface area contributed by atoms with Gasteiger partial charge in [-0.05, 0) is 23.8 Å². The van der Waals surface area contributed by atoms with Crippen LogP contribution in [0.15, 0.2) is 42.6 Å². The van der Waals surface area contributed by atoms with Gasteiger partial charge in [-0.1, -0.05) is 18.2 Å². The zero-order valence-electron chi connectivity index (χ0n) is 17.8. The molecular formula is C23H27N3O4S. The maximum Gasteiger partial charge on any atom is 0.264 e. The number of ether oxygens (including phenoxy) is 2. The average Bonchev–Trinajstić information content (AvgIpc) is 3.19. The minimum Gasteiger partial charge on any atom is -0.497 e. The van der Waals surface area contributed by atoms with Gasteiger partial charge >= 0.3 is 0 Å². The van der Waals surface area contributed by atoms with Gasteiger partial charge in [0.1, 0.15) is 15.5 Å². The highest BCUT2D eigenvalue weighted by Crippen LogP contribution is 2.38. The van der Waals surface area contributed by atoms with Crippen molar-refractivity contribution in [3.63, 3.8) is 0 Å². The molecule has 0 spiro atoms. The Morgan fingerprint density at radius 2 is 2.16 bits per heavy atom. The molecule has 1 aliphatic rings. The zero-order chi connectivity index (χ0) is 21.8. The van der Waals surface area contributed by atoms with Crippen LogP contribution in [-0.2, 0) is 11.3 Å². The highest BCUT2D eigenvalue weighted by Gasteiger charge is 2.31. The molecule has 8 heteroatoms. The van der Waals surface area contributed by atoms with Gasteiger partial charge in [-0.15, -0.1) is 11.3 Å². The van der Waals surface area contributed by atoms with Crippen molar-refractivity contribution in [2.45, 2.75) is 12.6 Å². The summed E-state index contributed by atoms with van der Waals surface area (Å²) >= 11 is 1.39. The number of benzene rings is 1. The molecule has 0 radical (unpaired) electrons. The van der Waals surface area contributed by atoms with Gasteiger partial charge in [0.2, 0.25) is 0 Å². The Balaban J connectivity index is 1.60. The van der Waals surface area contributed by atoms with Crippen LogP contribution in [0.1, 0.15) is 26.9 Å². The molecule has 0 unspecified atom stereocenters. The predicted octanol–water partition coefficient (Wildman–Crippen LogP) is 2.94. The molecule has 1 saturated heterocycles. The normalized spacial score (nSPS) is 17.1. The topological polar surface area (TPSA) is 75.1 Å². The summed E-state index contributed by atoms with van der Waals surface area (Å²) in [5, 5.41) is 10.2. The molecule has 1 amide bonds. The number of fused-ring (bicyclic) bond motifs is 1. The first-order chi connectivity index (χ1) is 15.1. The van der Waals surface area contributed by atoms with Crippen LogP contribution in [0.25, 0.3) is 10.2 Å². The van der Waals surface area contributed by atoms with Crippen molar-refractivity contribution in [1.29, 1.82) is 0 Å². The maximum absolute atomic E-state index is 13.1. The third-order valence-corrected chi connectivity index (χ3v) is 6.64. The summed E-state index contributed by atoms with van der Waals surface area (Å²) < 4.78 is 11.4. The molecule has 1 aliphatic heterocycles. The molecule has 0 aliphatic carbocycles. The van der Waals surface area contributed by atoms with Crippen LogP contribution in [0, 0.1) is 0 Å². The van der Waals surface area contributed by atoms with E-state index in [2.05, 4.69) is 22.0 Å². The van der Waals surface area contributed by atoms with Crippen molar-refractivity contribution < 1.29 is 19.4 Å². The molecular weight excluding hydrogens is 414 g/mol. The van der Waals surface area contributed by atoms with Crippen molar-refractivity contribution in [1.82, 2.24) is 14.8 Å². The third-order valence-electron chi connectivity index (χ3n) is 5.52. The SMILES string of the molecule is COc1ccc(CN2CCO[C@H](c3c(C(=O)N(C)CCO)sc4ncccc34)C2)cc1. The molecule has 3 aromatic rings. The van der Waals surface area contributed by atoms with E-state index in [1.165, 1.54) is 16.9 Å². The van der Waals surface area contributed by atoms with E-state index in [1.807, 2.05) is 24.3 Å². The number of nitrogens with zero attached hydrogens (tertiary/aromatic N) is 3. The monoisotopic (exact) mass is 441 g/mol. The second kappa shape index (κ2) is 9.74. The van der Waals surface area contributed by atoms with E-state index in [4.69, 9.17) is 9.47 Å². The Hall–Kier alpha value is -2.52. The molecule has 1 aromatic carbocycles. The molecule has 3 heterocycles. The molecule has 4 rings (SSSR count). The van der Waals surface area contributed by atoms with Gasteiger partial charge < -0.3 is 19.5 Å². The van der Waals surface area contributed by atoms with Crippen molar-refractivity contribution in [3.05, 3.63) is 58.6 Å². The lowest BCUT2D eigenvalue weighted by Crippen LogP contribution is -2.38. The molecule has 7 nitrogen and oxygen atoms in total. The molecule has 2 aromatic heterocycles. The van der Waals surface area contributed by atoms with Crippen molar-refractivity contribution in [2.24, 2.45) is 0 Å². The lowest BCUT2D eigenvalue weighted by Gasteiger charge is -2.33. The lowest BCUT2D eigenvalue weighted by atomic mass is 10.0. The van der Waals surface area contributed by atoms with E-state index in [0.29, 0.717) is 18.0 Å². The summed E-state index contributed by atoms with van der Waals surface area (Å²) in [6, 6.07) is 12.0. The summed E-state index contributed by atoms with van der Waals surface area (Å²) in [6.45, 7) is 3.13. The number of pyridine rings is 1. The van der Waals surface area contributed by atoms with E-state index in [0.717, 1.165) is 34.6 Å². The Morgan fingerprint density at radius 3 is 2.90 bits per heavy atom. The van der Waals surface area contributed by atoms with Gasteiger partial charge in [0, 0.05) is 50.4 Å². The van der Waals surface area contributed by atoms with Gasteiger partial charge in [-0.2, -0.15) is 0 Å². The summed E-state index contributed by atoms with van der Waals surface area (Å²) in [4.78, 5) is 22.9. The van der Waals surface area contributed by atoms with E-state index in [-0.39, 0.29) is 25.2 Å². The van der Waals surface area contributed by atoms with E-state index < -0.39 is 0 Å². The Kier molecular flexibility index (Phi) is 6.82. The number of likely N-dealkylation sites (N-methyl/N-ethyl adjacent to an activating group) is 1. The maximum atomic E-state index is 13.1. The molecule has 31 heavy (non-hydrogen) atoms. The van der Waals surface area contributed by atoms with E-state index in [9.17, 15) is 9.90 Å². The Morgan fingerprint density at radius 1 is 1.35 bits per heavy atom. The number of amides is 1. The minimum absolute atomic E-state index is 0.0731. The number of thiophene rings is 1. The first-order valence-electron chi connectivity index (χ1n) is 10.3. The van der Waals surface area contributed by atoms with Gasteiger partial charge in [0.15, 0.2) is 0 Å². The van der Waals surface area contributed by atoms with Crippen LogP contribution in [0.3, 0.4) is 0 Å². The van der Waals surface area contributed by atoms with E-state index >= 15 is 0 Å². The number of aliphatic hydroxyl groups is 1. The summed E-state index contributed by atoms with van der Waals surface area (Å²) in [6.07, 6.45) is 1.53. The van der Waals surface area contributed by atoms with Crippen LogP contribution in [0.5, 0.6) is 5.75 Å². The standard InChI is InChI=1S/C23H27N3O4S/c1-25(10-12-27)23(28)21-20(18-4-3-9-24-22(18)31-21)19-15-26(11-13-30-19)14-16-5-7-17(29-2)8-6-16/h3-9,19,27H,10-15H2,1-2H3/t19-/m0/s1. The first kappa shape index (κ1) is 21.7. The van der Waals surface area contributed by atoms with Crippen LogP contribution in [0.2, 0.25) is 0 Å². The Bertz CT molecular complexity index is 1040. The smallest absolute Gasteiger partial charge is 0.264 e. The van der Waals surface area contributed by atoms with Gasteiger partial charge in [-0.3, -0.25) is 9.69 Å². The third kappa shape index (κ3) is 4.72. The number of carbonyl (C=O) groups excluding carboxylic acids is 1. The zero-order valence-corrected chi connectivity index (χ0v) is 18.6. The van der Waals surface area contributed by atoms with Crippen LogP contribution >= 0.6 is 11.3 Å². The molecule has 1 fully saturated rings. The van der Waals surface area contributed by atoms with E-state index in [1.54, 1.807) is 25.3 Å². The second-order valence-electron chi connectivity index (χ2n) is 7.59. The first-order valence-corrected chi connectivity index (χ1v) is 11.1. The second-order valence-corrected chi connectivity index (χ2v) is 8.59. The number of morpholine rings is 1. The molecule has 164 valence electrons. The number of aliphatic hydroxyl groups excluding tert-OH is 1. The Labute approximate surface area is 185 Å². The fourth-order valence-electron chi connectivity index (χ4n) is 3.86. The molecule has 0 saturated carbocycles. The molecule has 1 atom stereocenters. The number of rotatable bonds is 7. The number of aromatic nitrogens is 1. The van der Waals surface area contributed by atoms with Crippen molar-refractivity contribution in [2.75, 3.05) is 47.0 Å². The summed E-state index contributed by atoms with van der Waals surface area (Å²) in [5.41, 5.74) is 2.11. The van der Waals surface area contributed by atoms with Gasteiger partial charge in [0.05, 0.1) is 26.4 Å². The van der Waals surface area contributed by atoms with Crippen LogP contribution in [-0.4, -0.2) is 72.8 Å². The number of methoxy groups -OCH3 is 1. The summed E-state index contributed by atoms with van der Waals surface area (Å²) in [5.74, 6) is 0.735. The highest BCUT2D eigenvalue weighted by atomic mass is 32.1.